The molecule has 17 heavy (non-hydrogen) atoms. The Labute approximate surface area is 100 Å². The lowest BCUT2D eigenvalue weighted by molar-refractivity contribution is -0.0808. The van der Waals surface area contributed by atoms with Gasteiger partial charge in [-0.3, -0.25) is 4.39 Å². The number of carbonyl (C=O) groups excluding carboxylic acids is 1. The molecule has 1 aliphatic rings. The molecule has 3 atom stereocenters. The molecular formula is C11H20FNO4. The molecule has 0 aliphatic carbocycles. The summed E-state index contributed by atoms with van der Waals surface area (Å²) >= 11 is 0. The Kier molecular flexibility index (Phi) is 4.32. The van der Waals surface area contributed by atoms with Crippen LogP contribution in [0.2, 0.25) is 0 Å². The topological polar surface area (TPSA) is 70.0 Å². The summed E-state index contributed by atoms with van der Waals surface area (Å²) in [6.07, 6.45) is -2.85. The summed E-state index contributed by atoms with van der Waals surface area (Å²) in [5.74, 6) is -0.758. The Balaban J connectivity index is 2.63. The molecule has 0 aromatic carbocycles. The van der Waals surface area contributed by atoms with Crippen molar-refractivity contribution in [3.8, 4) is 0 Å². The van der Waals surface area contributed by atoms with Crippen LogP contribution in [0, 0.1) is 5.92 Å². The summed E-state index contributed by atoms with van der Waals surface area (Å²) < 4.78 is 17.8. The van der Waals surface area contributed by atoms with Crippen molar-refractivity contribution >= 4 is 6.09 Å². The standard InChI is InChI=1S/C11H20FNO4/c1-11(2,3)17-10(16)13-5-7(4-12)9(15)8(14)6-13/h7-9,14-15H,4-6H2,1-3H3/t7-,8+,9+/m0/s1. The summed E-state index contributed by atoms with van der Waals surface area (Å²) in [7, 11) is 0. The van der Waals surface area contributed by atoms with E-state index in [9.17, 15) is 19.4 Å². The fourth-order valence-corrected chi connectivity index (χ4v) is 1.73. The van der Waals surface area contributed by atoms with Crippen LogP contribution < -0.4 is 0 Å². The SMILES string of the molecule is CC(C)(C)OC(=O)N1C[C@H](CF)[C@@H](O)[C@H](O)C1. The highest BCUT2D eigenvalue weighted by Gasteiger charge is 2.37. The van der Waals surface area contributed by atoms with Crippen molar-refractivity contribution in [1.29, 1.82) is 0 Å². The van der Waals surface area contributed by atoms with Crippen molar-refractivity contribution in [1.82, 2.24) is 4.90 Å². The summed E-state index contributed by atoms with van der Waals surface area (Å²) in [5, 5.41) is 19.0. The first-order valence-corrected chi connectivity index (χ1v) is 5.64. The van der Waals surface area contributed by atoms with Gasteiger partial charge >= 0.3 is 6.09 Å². The molecule has 1 rings (SSSR count). The van der Waals surface area contributed by atoms with Crippen LogP contribution in [0.5, 0.6) is 0 Å². The minimum atomic E-state index is -1.13. The van der Waals surface area contributed by atoms with Gasteiger partial charge in [-0.25, -0.2) is 4.79 Å². The lowest BCUT2D eigenvalue weighted by atomic mass is 9.94. The summed E-state index contributed by atoms with van der Waals surface area (Å²) in [4.78, 5) is 12.9. The van der Waals surface area contributed by atoms with Crippen molar-refractivity contribution in [2.45, 2.75) is 38.6 Å². The van der Waals surface area contributed by atoms with Gasteiger partial charge in [0.2, 0.25) is 0 Å². The third kappa shape index (κ3) is 3.81. The van der Waals surface area contributed by atoms with Crippen molar-refractivity contribution in [3.05, 3.63) is 0 Å². The van der Waals surface area contributed by atoms with E-state index in [1.54, 1.807) is 20.8 Å². The molecule has 2 N–H and O–H groups in total. The number of alkyl halides is 1. The third-order valence-corrected chi connectivity index (χ3v) is 2.59. The Hall–Kier alpha value is -0.880. The summed E-state index contributed by atoms with van der Waals surface area (Å²) in [6, 6.07) is 0. The average molecular weight is 249 g/mol. The van der Waals surface area contributed by atoms with Gasteiger partial charge in [0, 0.05) is 12.5 Å². The van der Waals surface area contributed by atoms with Crippen LogP contribution in [0.15, 0.2) is 0 Å². The molecule has 1 aliphatic heterocycles. The molecule has 0 saturated carbocycles. The first-order valence-electron chi connectivity index (χ1n) is 5.64. The number of rotatable bonds is 1. The minimum absolute atomic E-state index is 0.0351. The predicted octanol–water partition coefficient (Wildman–Crippen LogP) is 0.545. The van der Waals surface area contributed by atoms with Gasteiger partial charge in [-0.05, 0) is 20.8 Å². The van der Waals surface area contributed by atoms with Crippen LogP contribution in [0.4, 0.5) is 9.18 Å². The third-order valence-electron chi connectivity index (χ3n) is 2.59. The predicted molar refractivity (Wildman–Crippen MR) is 59.3 cm³/mol. The molecule has 5 nitrogen and oxygen atoms in total. The first-order chi connectivity index (χ1) is 7.74. The van der Waals surface area contributed by atoms with Gasteiger partial charge in [0.05, 0.1) is 25.4 Å². The molecule has 0 spiro atoms. The van der Waals surface area contributed by atoms with Crippen molar-refractivity contribution in [2.24, 2.45) is 5.92 Å². The van der Waals surface area contributed by atoms with Gasteiger partial charge in [0.15, 0.2) is 0 Å². The second-order valence-corrected chi connectivity index (χ2v) is 5.36. The molecule has 1 amide bonds. The maximum Gasteiger partial charge on any atom is 0.410 e. The van der Waals surface area contributed by atoms with Gasteiger partial charge in [-0.2, -0.15) is 0 Å². The summed E-state index contributed by atoms with van der Waals surface area (Å²) in [5.41, 5.74) is -0.636. The fourth-order valence-electron chi connectivity index (χ4n) is 1.73. The number of hydrogen-bond acceptors (Lipinski definition) is 4. The van der Waals surface area contributed by atoms with Crippen LogP contribution in [0.1, 0.15) is 20.8 Å². The zero-order valence-electron chi connectivity index (χ0n) is 10.4. The molecule has 1 fully saturated rings. The molecule has 1 saturated heterocycles. The number of piperidine rings is 1. The van der Waals surface area contributed by atoms with E-state index in [0.29, 0.717) is 0 Å². The van der Waals surface area contributed by atoms with Crippen LogP contribution in [0.25, 0.3) is 0 Å². The molecule has 0 aromatic heterocycles. The number of hydrogen-bond donors (Lipinski definition) is 2. The zero-order valence-corrected chi connectivity index (χ0v) is 10.4. The van der Waals surface area contributed by atoms with E-state index in [4.69, 9.17) is 4.74 Å². The van der Waals surface area contributed by atoms with Gasteiger partial charge in [0.1, 0.15) is 5.60 Å². The molecule has 0 unspecified atom stereocenters. The van der Waals surface area contributed by atoms with Crippen molar-refractivity contribution < 1.29 is 24.1 Å². The van der Waals surface area contributed by atoms with E-state index in [0.717, 1.165) is 0 Å². The van der Waals surface area contributed by atoms with Crippen LogP contribution in [-0.2, 0) is 4.74 Å². The molecule has 0 bridgehead atoms. The smallest absolute Gasteiger partial charge is 0.410 e. The maximum atomic E-state index is 12.6. The number of halogens is 1. The number of aliphatic hydroxyl groups is 2. The van der Waals surface area contributed by atoms with Crippen molar-refractivity contribution in [2.75, 3.05) is 19.8 Å². The number of amides is 1. The van der Waals surface area contributed by atoms with Gasteiger partial charge in [0.25, 0.3) is 0 Å². The van der Waals surface area contributed by atoms with Gasteiger partial charge in [-0.1, -0.05) is 0 Å². The van der Waals surface area contributed by atoms with Crippen LogP contribution in [-0.4, -0.2) is 58.8 Å². The lowest BCUT2D eigenvalue weighted by Gasteiger charge is -2.38. The fraction of sp³-hybridized carbons (Fsp3) is 0.909. The highest BCUT2D eigenvalue weighted by molar-refractivity contribution is 5.68. The molecule has 100 valence electrons. The van der Waals surface area contributed by atoms with E-state index in [1.165, 1.54) is 4.90 Å². The van der Waals surface area contributed by atoms with Gasteiger partial charge in [-0.15, -0.1) is 0 Å². The second kappa shape index (κ2) is 5.18. The number of likely N-dealkylation sites (tertiary alicyclic amines) is 1. The Morgan fingerprint density at radius 1 is 1.41 bits per heavy atom. The average Bonchev–Trinajstić information content (AvgIpc) is 2.19. The highest BCUT2D eigenvalue weighted by Crippen LogP contribution is 2.20. The van der Waals surface area contributed by atoms with E-state index in [2.05, 4.69) is 0 Å². The molecule has 0 aromatic rings. The zero-order chi connectivity index (χ0) is 13.2. The van der Waals surface area contributed by atoms with E-state index in [-0.39, 0.29) is 13.1 Å². The number of nitrogens with zero attached hydrogens (tertiary/aromatic N) is 1. The molecule has 6 heteroatoms. The second-order valence-electron chi connectivity index (χ2n) is 5.36. The van der Waals surface area contributed by atoms with Crippen LogP contribution in [0.3, 0.4) is 0 Å². The minimum Gasteiger partial charge on any atom is -0.444 e. The maximum absolute atomic E-state index is 12.6. The molecule has 1 heterocycles. The Morgan fingerprint density at radius 3 is 2.47 bits per heavy atom. The Bertz CT molecular complexity index is 279. The highest BCUT2D eigenvalue weighted by atomic mass is 19.1. The van der Waals surface area contributed by atoms with E-state index in [1.807, 2.05) is 0 Å². The van der Waals surface area contributed by atoms with E-state index < -0.39 is 36.5 Å². The number of aliphatic hydroxyl groups excluding tert-OH is 2. The molecule has 0 radical (unpaired) electrons. The lowest BCUT2D eigenvalue weighted by Crippen LogP contribution is -2.55. The number of ether oxygens (including phenoxy) is 1. The summed E-state index contributed by atoms with van der Waals surface area (Å²) in [6.45, 7) is 4.43. The van der Waals surface area contributed by atoms with Gasteiger partial charge < -0.3 is 19.8 Å². The van der Waals surface area contributed by atoms with Crippen LogP contribution >= 0.6 is 0 Å². The number of carbonyl (C=O) groups is 1. The first kappa shape index (κ1) is 14.2. The van der Waals surface area contributed by atoms with E-state index >= 15 is 0 Å². The monoisotopic (exact) mass is 249 g/mol. The largest absolute Gasteiger partial charge is 0.444 e. The quantitative estimate of drug-likeness (QED) is 0.712. The normalized spacial score (nSPS) is 30.2. The Morgan fingerprint density at radius 2 is 2.00 bits per heavy atom. The number of β-amino-alcohol motifs (C(OH)–C–C–N with tert-alkyl or cyclic N) is 1. The molecular weight excluding hydrogens is 229 g/mol. The van der Waals surface area contributed by atoms with Crippen molar-refractivity contribution in [3.63, 3.8) is 0 Å².